The highest BCUT2D eigenvalue weighted by Crippen LogP contribution is 2.28. The molecule has 0 aliphatic carbocycles. The standard InChI is InChI=1S/C16H19N3O4S/c20-24(21)8-5-19(6-9-24)14-3-1-2-12(10-14)16-17-15(18-23-16)13-4-7-22-11-13/h1-3,10,13H,4-9,11H2/t13-/m0/s1. The number of rotatable bonds is 3. The fraction of sp³-hybridized carbons (Fsp3) is 0.500. The van der Waals surface area contributed by atoms with Gasteiger partial charge in [-0.15, -0.1) is 0 Å². The van der Waals surface area contributed by atoms with Crippen LogP contribution in [0.2, 0.25) is 0 Å². The lowest BCUT2D eigenvalue weighted by Crippen LogP contribution is -2.40. The molecule has 0 spiro atoms. The van der Waals surface area contributed by atoms with E-state index in [1.807, 2.05) is 24.3 Å². The summed E-state index contributed by atoms with van der Waals surface area (Å²) in [6.07, 6.45) is 0.918. The molecule has 3 heterocycles. The minimum absolute atomic E-state index is 0.198. The highest BCUT2D eigenvalue weighted by atomic mass is 32.2. The van der Waals surface area contributed by atoms with E-state index in [-0.39, 0.29) is 17.4 Å². The molecule has 1 aromatic heterocycles. The van der Waals surface area contributed by atoms with Crippen LogP contribution in [0.3, 0.4) is 0 Å². The third-order valence-corrected chi connectivity index (χ3v) is 6.15. The highest BCUT2D eigenvalue weighted by Gasteiger charge is 2.24. The lowest BCUT2D eigenvalue weighted by molar-refractivity contribution is 0.192. The number of hydrogen-bond acceptors (Lipinski definition) is 7. The molecule has 1 atom stereocenters. The van der Waals surface area contributed by atoms with E-state index < -0.39 is 9.84 Å². The van der Waals surface area contributed by atoms with Crippen LogP contribution in [-0.2, 0) is 14.6 Å². The summed E-state index contributed by atoms with van der Waals surface area (Å²) < 4.78 is 33.9. The van der Waals surface area contributed by atoms with Crippen molar-refractivity contribution in [3.8, 4) is 11.5 Å². The minimum atomic E-state index is -2.89. The van der Waals surface area contributed by atoms with Gasteiger partial charge in [0.15, 0.2) is 15.7 Å². The van der Waals surface area contributed by atoms with Gasteiger partial charge in [0.05, 0.1) is 18.1 Å². The van der Waals surface area contributed by atoms with Gasteiger partial charge in [0, 0.05) is 36.9 Å². The molecule has 2 aliphatic heterocycles. The Bertz CT molecular complexity index is 813. The fourth-order valence-electron chi connectivity index (χ4n) is 3.06. The first kappa shape index (κ1) is 15.6. The minimum Gasteiger partial charge on any atom is -0.381 e. The summed E-state index contributed by atoms with van der Waals surface area (Å²) in [6, 6.07) is 7.80. The number of aromatic nitrogens is 2. The summed E-state index contributed by atoms with van der Waals surface area (Å²) in [6.45, 7) is 2.41. The molecule has 24 heavy (non-hydrogen) atoms. The SMILES string of the molecule is O=S1(=O)CCN(c2cccc(-c3nc([C@H]4CCOC4)no3)c2)CC1. The first-order valence-corrected chi connectivity index (χ1v) is 9.90. The zero-order valence-corrected chi connectivity index (χ0v) is 14.0. The quantitative estimate of drug-likeness (QED) is 0.829. The molecule has 0 radical (unpaired) electrons. The number of nitrogens with zero attached hydrogens (tertiary/aromatic N) is 3. The van der Waals surface area contributed by atoms with Gasteiger partial charge in [0.1, 0.15) is 0 Å². The smallest absolute Gasteiger partial charge is 0.258 e. The van der Waals surface area contributed by atoms with E-state index in [1.54, 1.807) is 0 Å². The summed E-state index contributed by atoms with van der Waals surface area (Å²) in [5, 5.41) is 4.08. The van der Waals surface area contributed by atoms with Crippen LogP contribution >= 0.6 is 0 Å². The molecular formula is C16H19N3O4S. The van der Waals surface area contributed by atoms with Crippen LogP contribution in [0.4, 0.5) is 5.69 Å². The molecule has 0 saturated carbocycles. The Morgan fingerprint density at radius 3 is 2.79 bits per heavy atom. The van der Waals surface area contributed by atoms with Gasteiger partial charge in [-0.25, -0.2) is 8.42 Å². The van der Waals surface area contributed by atoms with Gasteiger partial charge < -0.3 is 14.2 Å². The third kappa shape index (κ3) is 3.16. The topological polar surface area (TPSA) is 85.5 Å². The molecule has 2 saturated heterocycles. The summed E-state index contributed by atoms with van der Waals surface area (Å²) >= 11 is 0. The van der Waals surface area contributed by atoms with Crippen molar-refractivity contribution in [1.82, 2.24) is 10.1 Å². The highest BCUT2D eigenvalue weighted by molar-refractivity contribution is 7.91. The van der Waals surface area contributed by atoms with Gasteiger partial charge in [-0.1, -0.05) is 11.2 Å². The van der Waals surface area contributed by atoms with Crippen LogP contribution < -0.4 is 4.90 Å². The molecule has 0 N–H and O–H groups in total. The largest absolute Gasteiger partial charge is 0.381 e. The number of ether oxygens (including phenoxy) is 1. The maximum Gasteiger partial charge on any atom is 0.258 e. The Hall–Kier alpha value is -1.93. The van der Waals surface area contributed by atoms with Crippen LogP contribution in [0.1, 0.15) is 18.2 Å². The molecule has 128 valence electrons. The lowest BCUT2D eigenvalue weighted by atomic mass is 10.1. The average Bonchev–Trinajstić information content (AvgIpc) is 3.26. The molecule has 0 amide bonds. The van der Waals surface area contributed by atoms with Crippen molar-refractivity contribution < 1.29 is 17.7 Å². The predicted molar refractivity (Wildman–Crippen MR) is 88.8 cm³/mol. The summed E-state index contributed by atoms with van der Waals surface area (Å²) in [5.74, 6) is 1.78. The zero-order valence-electron chi connectivity index (χ0n) is 13.2. The van der Waals surface area contributed by atoms with Crippen LogP contribution in [0.15, 0.2) is 28.8 Å². The van der Waals surface area contributed by atoms with E-state index in [9.17, 15) is 8.42 Å². The molecule has 7 nitrogen and oxygen atoms in total. The van der Waals surface area contributed by atoms with E-state index in [4.69, 9.17) is 9.26 Å². The normalized spacial score (nSPS) is 23.5. The summed E-state index contributed by atoms with van der Waals surface area (Å²) in [7, 11) is -2.89. The second-order valence-electron chi connectivity index (χ2n) is 6.21. The van der Waals surface area contributed by atoms with E-state index >= 15 is 0 Å². The molecule has 0 unspecified atom stereocenters. The summed E-state index contributed by atoms with van der Waals surface area (Å²) in [4.78, 5) is 6.58. The number of sulfone groups is 1. The summed E-state index contributed by atoms with van der Waals surface area (Å²) in [5.41, 5.74) is 1.82. The van der Waals surface area contributed by atoms with E-state index in [1.165, 1.54) is 0 Å². The molecule has 2 aromatic rings. The molecule has 2 aliphatic rings. The Labute approximate surface area is 140 Å². The van der Waals surface area contributed by atoms with Gasteiger partial charge in [0.2, 0.25) is 0 Å². The second kappa shape index (κ2) is 6.18. The van der Waals surface area contributed by atoms with Crippen molar-refractivity contribution in [2.75, 3.05) is 42.7 Å². The van der Waals surface area contributed by atoms with Gasteiger partial charge >= 0.3 is 0 Å². The molecular weight excluding hydrogens is 330 g/mol. The third-order valence-electron chi connectivity index (χ3n) is 4.54. The van der Waals surface area contributed by atoms with E-state index in [0.29, 0.717) is 31.4 Å². The molecule has 4 rings (SSSR count). The van der Waals surface area contributed by atoms with Crippen LogP contribution in [0.25, 0.3) is 11.5 Å². The molecule has 8 heteroatoms. The maximum atomic E-state index is 11.6. The average molecular weight is 349 g/mol. The van der Waals surface area contributed by atoms with Crippen molar-refractivity contribution in [1.29, 1.82) is 0 Å². The number of benzene rings is 1. The molecule has 1 aromatic carbocycles. The fourth-order valence-corrected chi connectivity index (χ4v) is 4.26. The Morgan fingerprint density at radius 1 is 1.21 bits per heavy atom. The van der Waals surface area contributed by atoms with Crippen molar-refractivity contribution in [2.45, 2.75) is 12.3 Å². The van der Waals surface area contributed by atoms with Crippen LogP contribution in [0.5, 0.6) is 0 Å². The van der Waals surface area contributed by atoms with Crippen molar-refractivity contribution in [3.05, 3.63) is 30.1 Å². The van der Waals surface area contributed by atoms with Crippen LogP contribution in [-0.4, -0.2) is 56.4 Å². The van der Waals surface area contributed by atoms with Crippen LogP contribution in [0, 0.1) is 0 Å². The predicted octanol–water partition coefficient (Wildman–Crippen LogP) is 1.48. The lowest BCUT2D eigenvalue weighted by Gasteiger charge is -2.28. The maximum absolute atomic E-state index is 11.6. The first-order chi connectivity index (χ1) is 11.6. The van der Waals surface area contributed by atoms with Crippen molar-refractivity contribution in [2.24, 2.45) is 0 Å². The van der Waals surface area contributed by atoms with E-state index in [0.717, 1.165) is 24.3 Å². The van der Waals surface area contributed by atoms with Gasteiger partial charge in [-0.05, 0) is 24.6 Å². The monoisotopic (exact) mass is 349 g/mol. The van der Waals surface area contributed by atoms with E-state index in [2.05, 4.69) is 15.0 Å². The second-order valence-corrected chi connectivity index (χ2v) is 8.51. The van der Waals surface area contributed by atoms with Gasteiger partial charge in [-0.3, -0.25) is 0 Å². The number of anilines is 1. The Balaban J connectivity index is 1.54. The van der Waals surface area contributed by atoms with Gasteiger partial charge in [0.25, 0.3) is 5.89 Å². The Kier molecular flexibility index (Phi) is 4.01. The molecule has 0 bridgehead atoms. The Morgan fingerprint density at radius 2 is 2.04 bits per heavy atom. The van der Waals surface area contributed by atoms with Gasteiger partial charge in [-0.2, -0.15) is 4.98 Å². The van der Waals surface area contributed by atoms with Crippen molar-refractivity contribution in [3.63, 3.8) is 0 Å². The zero-order chi connectivity index (χ0) is 16.6. The molecule has 2 fully saturated rings. The first-order valence-electron chi connectivity index (χ1n) is 8.08. The number of hydrogen-bond donors (Lipinski definition) is 0. The van der Waals surface area contributed by atoms with Crippen molar-refractivity contribution >= 4 is 15.5 Å².